The molecule has 0 saturated heterocycles. The smallest absolute Gasteiger partial charge is 0.268 e. The fraction of sp³-hybridized carbons (Fsp3) is 0.150. The van der Waals surface area contributed by atoms with E-state index in [4.69, 9.17) is 0 Å². The molecule has 0 saturated carbocycles. The van der Waals surface area contributed by atoms with Crippen LogP contribution in [0.4, 0.5) is 10.1 Å². The van der Waals surface area contributed by atoms with Crippen LogP contribution >= 0.6 is 11.3 Å². The van der Waals surface area contributed by atoms with Crippen molar-refractivity contribution in [3.05, 3.63) is 75.8 Å². The molecule has 3 heterocycles. The highest BCUT2D eigenvalue weighted by atomic mass is 32.1. The van der Waals surface area contributed by atoms with Gasteiger partial charge in [-0.3, -0.25) is 14.0 Å². The second-order valence-corrected chi connectivity index (χ2v) is 7.14. The van der Waals surface area contributed by atoms with Gasteiger partial charge in [-0.1, -0.05) is 13.0 Å². The molecule has 0 N–H and O–H groups in total. The summed E-state index contributed by atoms with van der Waals surface area (Å²) < 4.78 is 14.7. The van der Waals surface area contributed by atoms with Crippen LogP contribution < -0.4 is 10.5 Å². The number of carbonyl (C=O) groups is 1. The average Bonchev–Trinajstić information content (AvgIpc) is 3.11. The number of rotatable bonds is 4. The standard InChI is InChI=1S/C20H16FN3O2S/c1-2-10-23(14-8-6-13(21)7-9-14)20(26)16-12-15-18(27-16)22-17-5-3-4-11-24(17)19(15)25/h3-9,11-12H,2,10H2,1H3. The van der Waals surface area contributed by atoms with E-state index in [-0.39, 0.29) is 17.3 Å². The maximum absolute atomic E-state index is 13.2. The molecule has 3 aromatic heterocycles. The van der Waals surface area contributed by atoms with Crippen LogP contribution in [0.3, 0.4) is 0 Å². The molecule has 0 aliphatic carbocycles. The fourth-order valence-electron chi connectivity index (χ4n) is 2.98. The van der Waals surface area contributed by atoms with Gasteiger partial charge in [0.05, 0.1) is 10.3 Å². The number of halogens is 1. The van der Waals surface area contributed by atoms with Crippen molar-refractivity contribution >= 4 is 38.8 Å². The third-order valence-corrected chi connectivity index (χ3v) is 5.27. The molecule has 0 unspecified atom stereocenters. The van der Waals surface area contributed by atoms with Crippen molar-refractivity contribution in [2.24, 2.45) is 0 Å². The molecule has 1 aromatic carbocycles. The third-order valence-electron chi connectivity index (χ3n) is 4.26. The molecule has 4 aromatic rings. The van der Waals surface area contributed by atoms with Crippen LogP contribution in [0.2, 0.25) is 0 Å². The van der Waals surface area contributed by atoms with Crippen molar-refractivity contribution in [2.45, 2.75) is 13.3 Å². The summed E-state index contributed by atoms with van der Waals surface area (Å²) >= 11 is 1.20. The summed E-state index contributed by atoms with van der Waals surface area (Å²) in [7, 11) is 0. The minimum atomic E-state index is -0.353. The highest BCUT2D eigenvalue weighted by Gasteiger charge is 2.21. The number of hydrogen-bond acceptors (Lipinski definition) is 4. The predicted octanol–water partition coefficient (Wildman–Crippen LogP) is 4.11. The van der Waals surface area contributed by atoms with Crippen LogP contribution in [0.1, 0.15) is 23.0 Å². The first-order valence-corrected chi connectivity index (χ1v) is 9.38. The lowest BCUT2D eigenvalue weighted by Crippen LogP contribution is -2.31. The normalized spacial score (nSPS) is 11.2. The van der Waals surface area contributed by atoms with Crippen molar-refractivity contribution in [3.8, 4) is 0 Å². The molecule has 0 bridgehead atoms. The molecule has 0 aliphatic heterocycles. The number of amides is 1. The lowest BCUT2D eigenvalue weighted by atomic mass is 10.2. The van der Waals surface area contributed by atoms with E-state index in [1.54, 1.807) is 41.4 Å². The van der Waals surface area contributed by atoms with Crippen LogP contribution in [0.5, 0.6) is 0 Å². The topological polar surface area (TPSA) is 54.7 Å². The maximum Gasteiger partial charge on any atom is 0.268 e. The minimum absolute atomic E-state index is 0.199. The predicted molar refractivity (Wildman–Crippen MR) is 105 cm³/mol. The van der Waals surface area contributed by atoms with Crippen molar-refractivity contribution in [1.82, 2.24) is 9.38 Å². The van der Waals surface area contributed by atoms with Crippen LogP contribution in [0, 0.1) is 5.82 Å². The highest BCUT2D eigenvalue weighted by Crippen LogP contribution is 2.26. The van der Waals surface area contributed by atoms with Gasteiger partial charge in [-0.25, -0.2) is 9.37 Å². The Morgan fingerprint density at radius 1 is 1.22 bits per heavy atom. The van der Waals surface area contributed by atoms with Gasteiger partial charge in [-0.05, 0) is 48.9 Å². The molecule has 0 radical (unpaired) electrons. The van der Waals surface area contributed by atoms with Crippen molar-refractivity contribution < 1.29 is 9.18 Å². The van der Waals surface area contributed by atoms with E-state index in [1.807, 2.05) is 13.0 Å². The molecule has 1 amide bonds. The van der Waals surface area contributed by atoms with E-state index in [0.29, 0.717) is 33.0 Å². The second-order valence-electron chi connectivity index (χ2n) is 6.11. The van der Waals surface area contributed by atoms with Gasteiger partial charge in [0.25, 0.3) is 11.5 Å². The second kappa shape index (κ2) is 6.92. The fourth-order valence-corrected chi connectivity index (χ4v) is 3.96. The minimum Gasteiger partial charge on any atom is -0.308 e. The molecular formula is C20H16FN3O2S. The van der Waals surface area contributed by atoms with E-state index in [1.165, 1.54) is 27.9 Å². The number of aromatic nitrogens is 2. The quantitative estimate of drug-likeness (QED) is 0.535. The lowest BCUT2D eigenvalue weighted by molar-refractivity contribution is 0.0991. The number of carbonyl (C=O) groups excluding carboxylic acids is 1. The number of hydrogen-bond donors (Lipinski definition) is 0. The van der Waals surface area contributed by atoms with Gasteiger partial charge >= 0.3 is 0 Å². The van der Waals surface area contributed by atoms with Crippen molar-refractivity contribution in [1.29, 1.82) is 0 Å². The SMILES string of the molecule is CCCN(C(=O)c1cc2c(=O)n3ccccc3nc2s1)c1ccc(F)cc1. The molecule has 5 nitrogen and oxygen atoms in total. The number of fused-ring (bicyclic) bond motifs is 2. The Balaban J connectivity index is 1.81. The molecule has 0 atom stereocenters. The summed E-state index contributed by atoms with van der Waals surface area (Å²) in [6.45, 7) is 2.46. The molecule has 7 heteroatoms. The molecule has 0 spiro atoms. The monoisotopic (exact) mass is 381 g/mol. The van der Waals surface area contributed by atoms with Crippen LogP contribution in [-0.4, -0.2) is 21.8 Å². The average molecular weight is 381 g/mol. The molecule has 0 aliphatic rings. The lowest BCUT2D eigenvalue weighted by Gasteiger charge is -2.21. The summed E-state index contributed by atoms with van der Waals surface area (Å²) in [6.07, 6.45) is 2.41. The zero-order valence-electron chi connectivity index (χ0n) is 14.6. The number of nitrogens with zero attached hydrogens (tertiary/aromatic N) is 3. The van der Waals surface area contributed by atoms with E-state index in [0.717, 1.165) is 6.42 Å². The first-order valence-electron chi connectivity index (χ1n) is 8.57. The Kier molecular flexibility index (Phi) is 4.45. The summed E-state index contributed by atoms with van der Waals surface area (Å²) in [5.41, 5.74) is 0.963. The Morgan fingerprint density at radius 3 is 2.74 bits per heavy atom. The zero-order chi connectivity index (χ0) is 19.0. The van der Waals surface area contributed by atoms with Gasteiger partial charge < -0.3 is 4.90 Å². The van der Waals surface area contributed by atoms with E-state index in [2.05, 4.69) is 4.98 Å². The summed E-state index contributed by atoms with van der Waals surface area (Å²) in [5, 5.41) is 0.419. The Bertz CT molecular complexity index is 1200. The van der Waals surface area contributed by atoms with Crippen molar-refractivity contribution in [2.75, 3.05) is 11.4 Å². The largest absolute Gasteiger partial charge is 0.308 e. The molecule has 4 rings (SSSR count). The number of pyridine rings is 1. The summed E-state index contributed by atoms with van der Waals surface area (Å²) in [6, 6.07) is 12.7. The van der Waals surface area contributed by atoms with E-state index >= 15 is 0 Å². The Labute approximate surface area is 158 Å². The third kappa shape index (κ3) is 3.10. The summed E-state index contributed by atoms with van der Waals surface area (Å²) in [5.74, 6) is -0.576. The Hall–Kier alpha value is -3.06. The van der Waals surface area contributed by atoms with Crippen LogP contribution in [0.25, 0.3) is 15.9 Å². The first-order chi connectivity index (χ1) is 13.1. The summed E-state index contributed by atoms with van der Waals surface area (Å²) in [4.78, 5) is 32.8. The van der Waals surface area contributed by atoms with Gasteiger partial charge in [-0.2, -0.15) is 0 Å². The molecule has 0 fully saturated rings. The van der Waals surface area contributed by atoms with Crippen molar-refractivity contribution in [3.63, 3.8) is 0 Å². The molecular weight excluding hydrogens is 365 g/mol. The first kappa shape index (κ1) is 17.4. The van der Waals surface area contributed by atoms with Gasteiger partial charge in [-0.15, -0.1) is 11.3 Å². The van der Waals surface area contributed by atoms with Gasteiger partial charge in [0, 0.05) is 18.4 Å². The number of benzene rings is 1. The van der Waals surface area contributed by atoms with E-state index in [9.17, 15) is 14.0 Å². The number of thiophene rings is 1. The van der Waals surface area contributed by atoms with Gasteiger partial charge in [0.2, 0.25) is 0 Å². The highest BCUT2D eigenvalue weighted by molar-refractivity contribution is 7.20. The number of anilines is 1. The van der Waals surface area contributed by atoms with Crippen LogP contribution in [-0.2, 0) is 0 Å². The van der Waals surface area contributed by atoms with Gasteiger partial charge in [0.15, 0.2) is 0 Å². The van der Waals surface area contributed by atoms with Gasteiger partial charge in [0.1, 0.15) is 16.3 Å². The molecule has 27 heavy (non-hydrogen) atoms. The maximum atomic E-state index is 13.2. The van der Waals surface area contributed by atoms with Crippen LogP contribution in [0.15, 0.2) is 59.5 Å². The Morgan fingerprint density at radius 2 is 2.00 bits per heavy atom. The zero-order valence-corrected chi connectivity index (χ0v) is 15.4. The van der Waals surface area contributed by atoms with E-state index < -0.39 is 0 Å². The molecule has 136 valence electrons.